The van der Waals surface area contributed by atoms with E-state index in [2.05, 4.69) is 12.2 Å². The molecule has 1 unspecified atom stereocenters. The monoisotopic (exact) mass is 379 g/mol. The Morgan fingerprint density at radius 2 is 1.93 bits per heavy atom. The van der Waals surface area contributed by atoms with E-state index in [1.54, 1.807) is 32.0 Å². The summed E-state index contributed by atoms with van der Waals surface area (Å²) in [7, 11) is 1.53. The van der Waals surface area contributed by atoms with E-state index in [4.69, 9.17) is 14.2 Å². The number of methoxy groups -OCH3 is 1. The number of hydrogen-bond donors (Lipinski definition) is 1. The van der Waals surface area contributed by atoms with Crippen LogP contribution in [0.15, 0.2) is 18.2 Å². The van der Waals surface area contributed by atoms with Crippen molar-refractivity contribution < 1.29 is 23.8 Å². The molecule has 1 amide bonds. The standard InChI is InChI=1S/C21H33NO5/c1-7-9-12-21(5,25-6)20(24)22-16-10-11-18(27-14-15(3)4)17(13-16)19(23)26-8-2/h10-11,13,15H,7-9,12,14H2,1-6H3,(H,22,24). The van der Waals surface area contributed by atoms with Crippen LogP contribution in [0.3, 0.4) is 0 Å². The summed E-state index contributed by atoms with van der Waals surface area (Å²) in [5.41, 5.74) is -0.130. The van der Waals surface area contributed by atoms with E-state index < -0.39 is 11.6 Å². The highest BCUT2D eigenvalue weighted by atomic mass is 16.5. The lowest BCUT2D eigenvalue weighted by molar-refractivity contribution is -0.136. The number of esters is 1. The first-order chi connectivity index (χ1) is 12.8. The van der Waals surface area contributed by atoms with Crippen molar-refractivity contribution in [3.63, 3.8) is 0 Å². The van der Waals surface area contributed by atoms with E-state index >= 15 is 0 Å². The number of anilines is 1. The lowest BCUT2D eigenvalue weighted by Crippen LogP contribution is -2.42. The van der Waals surface area contributed by atoms with Gasteiger partial charge in [-0.25, -0.2) is 4.79 Å². The highest BCUT2D eigenvalue weighted by molar-refractivity contribution is 5.99. The van der Waals surface area contributed by atoms with E-state index in [-0.39, 0.29) is 12.5 Å². The van der Waals surface area contributed by atoms with Crippen molar-refractivity contribution >= 4 is 17.6 Å². The van der Waals surface area contributed by atoms with Crippen LogP contribution in [-0.2, 0) is 14.3 Å². The van der Waals surface area contributed by atoms with Gasteiger partial charge in [-0.3, -0.25) is 4.79 Å². The van der Waals surface area contributed by atoms with Gasteiger partial charge in [0.2, 0.25) is 0 Å². The number of rotatable bonds is 11. The maximum Gasteiger partial charge on any atom is 0.341 e. The van der Waals surface area contributed by atoms with E-state index in [1.165, 1.54) is 7.11 Å². The van der Waals surface area contributed by atoms with Gasteiger partial charge < -0.3 is 19.5 Å². The minimum atomic E-state index is -0.924. The molecular weight excluding hydrogens is 346 g/mol. The quantitative estimate of drug-likeness (QED) is 0.576. The third-order valence-corrected chi connectivity index (χ3v) is 4.24. The normalized spacial score (nSPS) is 13.1. The predicted molar refractivity (Wildman–Crippen MR) is 106 cm³/mol. The molecule has 27 heavy (non-hydrogen) atoms. The van der Waals surface area contributed by atoms with Crippen LogP contribution in [0.1, 0.15) is 64.2 Å². The lowest BCUT2D eigenvalue weighted by Gasteiger charge is -2.27. The van der Waals surface area contributed by atoms with Gasteiger partial charge in [-0.2, -0.15) is 0 Å². The van der Waals surface area contributed by atoms with Gasteiger partial charge in [0.25, 0.3) is 5.91 Å². The van der Waals surface area contributed by atoms with Crippen molar-refractivity contribution in [3.8, 4) is 5.75 Å². The third-order valence-electron chi connectivity index (χ3n) is 4.24. The first-order valence-corrected chi connectivity index (χ1v) is 9.57. The molecule has 1 rings (SSSR count). The summed E-state index contributed by atoms with van der Waals surface area (Å²) in [5.74, 6) is 0.0398. The summed E-state index contributed by atoms with van der Waals surface area (Å²) in [6.45, 7) is 10.4. The Morgan fingerprint density at radius 3 is 2.48 bits per heavy atom. The molecule has 0 heterocycles. The van der Waals surface area contributed by atoms with Crippen LogP contribution in [0, 0.1) is 5.92 Å². The molecule has 6 nitrogen and oxygen atoms in total. The van der Waals surface area contributed by atoms with Gasteiger partial charge in [0.15, 0.2) is 0 Å². The van der Waals surface area contributed by atoms with Crippen LogP contribution in [0.5, 0.6) is 5.75 Å². The fourth-order valence-electron chi connectivity index (χ4n) is 2.44. The van der Waals surface area contributed by atoms with Gasteiger partial charge in [-0.05, 0) is 44.4 Å². The largest absolute Gasteiger partial charge is 0.492 e. The molecule has 0 aliphatic heterocycles. The fourth-order valence-corrected chi connectivity index (χ4v) is 2.44. The zero-order valence-corrected chi connectivity index (χ0v) is 17.4. The highest BCUT2D eigenvalue weighted by Crippen LogP contribution is 2.26. The topological polar surface area (TPSA) is 73.9 Å². The molecule has 0 saturated heterocycles. The van der Waals surface area contributed by atoms with Gasteiger partial charge in [-0.15, -0.1) is 0 Å². The van der Waals surface area contributed by atoms with E-state index in [0.29, 0.717) is 35.9 Å². The molecule has 1 N–H and O–H groups in total. The van der Waals surface area contributed by atoms with Crippen LogP contribution in [0.2, 0.25) is 0 Å². The minimum Gasteiger partial charge on any atom is -0.492 e. The molecule has 0 fully saturated rings. The molecule has 0 bridgehead atoms. The Balaban J connectivity index is 3.05. The number of unbranched alkanes of at least 4 members (excludes halogenated alkanes) is 1. The molecule has 1 aromatic carbocycles. The first kappa shape index (κ1) is 23.0. The predicted octanol–water partition coefficient (Wildman–Crippen LogP) is 4.43. The zero-order valence-electron chi connectivity index (χ0n) is 17.4. The molecule has 0 aromatic heterocycles. The Labute approximate surface area is 162 Å². The summed E-state index contributed by atoms with van der Waals surface area (Å²) in [6.07, 6.45) is 2.47. The third kappa shape index (κ3) is 6.86. The number of carbonyl (C=O) groups excluding carboxylic acids is 2. The van der Waals surface area contributed by atoms with Crippen LogP contribution in [0.25, 0.3) is 0 Å². The highest BCUT2D eigenvalue weighted by Gasteiger charge is 2.32. The molecule has 0 spiro atoms. The van der Waals surface area contributed by atoms with E-state index in [9.17, 15) is 9.59 Å². The molecule has 6 heteroatoms. The van der Waals surface area contributed by atoms with Crippen molar-refractivity contribution in [2.24, 2.45) is 5.92 Å². The first-order valence-electron chi connectivity index (χ1n) is 9.57. The average Bonchev–Trinajstić information content (AvgIpc) is 2.64. The second-order valence-corrected chi connectivity index (χ2v) is 7.13. The Bertz CT molecular complexity index is 629. The van der Waals surface area contributed by atoms with Crippen molar-refractivity contribution in [1.29, 1.82) is 0 Å². The summed E-state index contributed by atoms with van der Waals surface area (Å²) in [6, 6.07) is 4.98. The Kier molecular flexibility index (Phi) is 9.29. The second kappa shape index (κ2) is 10.9. The average molecular weight is 379 g/mol. The SMILES string of the molecule is CCCCC(C)(OC)C(=O)Nc1ccc(OCC(C)C)c(C(=O)OCC)c1. The van der Waals surface area contributed by atoms with E-state index in [1.807, 2.05) is 13.8 Å². The Morgan fingerprint density at radius 1 is 1.22 bits per heavy atom. The van der Waals surface area contributed by atoms with Crippen LogP contribution in [-0.4, -0.2) is 37.8 Å². The number of hydrogen-bond acceptors (Lipinski definition) is 5. The number of carbonyl (C=O) groups is 2. The lowest BCUT2D eigenvalue weighted by atomic mass is 9.97. The fraction of sp³-hybridized carbons (Fsp3) is 0.619. The number of benzene rings is 1. The smallest absolute Gasteiger partial charge is 0.341 e. The Hall–Kier alpha value is -2.08. The van der Waals surface area contributed by atoms with Crippen molar-refractivity contribution in [3.05, 3.63) is 23.8 Å². The van der Waals surface area contributed by atoms with E-state index in [0.717, 1.165) is 12.8 Å². The van der Waals surface area contributed by atoms with Gasteiger partial charge >= 0.3 is 5.97 Å². The van der Waals surface area contributed by atoms with Crippen molar-refractivity contribution in [2.75, 3.05) is 25.6 Å². The minimum absolute atomic E-state index is 0.246. The maximum absolute atomic E-state index is 12.7. The molecule has 1 aromatic rings. The molecule has 0 aliphatic rings. The number of ether oxygens (including phenoxy) is 3. The molecule has 1 atom stereocenters. The molecule has 152 valence electrons. The van der Waals surface area contributed by atoms with Crippen LogP contribution >= 0.6 is 0 Å². The van der Waals surface area contributed by atoms with Gasteiger partial charge in [0.05, 0.1) is 13.2 Å². The second-order valence-electron chi connectivity index (χ2n) is 7.13. The maximum atomic E-state index is 12.7. The molecule has 0 saturated carbocycles. The van der Waals surface area contributed by atoms with Crippen LogP contribution < -0.4 is 10.1 Å². The summed E-state index contributed by atoms with van der Waals surface area (Å²) >= 11 is 0. The van der Waals surface area contributed by atoms with Crippen molar-refractivity contribution in [1.82, 2.24) is 0 Å². The summed E-state index contributed by atoms with van der Waals surface area (Å²) in [4.78, 5) is 25.0. The molecule has 0 radical (unpaired) electrons. The van der Waals surface area contributed by atoms with Gasteiger partial charge in [-0.1, -0.05) is 33.6 Å². The zero-order chi connectivity index (χ0) is 20.4. The summed E-state index contributed by atoms with van der Waals surface area (Å²) in [5, 5.41) is 2.84. The van der Waals surface area contributed by atoms with Gasteiger partial charge in [0.1, 0.15) is 16.9 Å². The molecule has 0 aliphatic carbocycles. The summed E-state index contributed by atoms with van der Waals surface area (Å²) < 4.78 is 16.3. The number of nitrogens with one attached hydrogen (secondary N) is 1. The van der Waals surface area contributed by atoms with Crippen molar-refractivity contribution in [2.45, 2.75) is 59.5 Å². The van der Waals surface area contributed by atoms with Gasteiger partial charge in [0, 0.05) is 12.8 Å². The van der Waals surface area contributed by atoms with Crippen LogP contribution in [0.4, 0.5) is 5.69 Å². The molecular formula is C21H33NO5. The number of amides is 1.